The number of esters is 1. The second-order valence-corrected chi connectivity index (χ2v) is 4.42. The highest BCUT2D eigenvalue weighted by molar-refractivity contribution is 6.43. The topological polar surface area (TPSA) is 39.2 Å². The van der Waals surface area contributed by atoms with E-state index in [1.165, 1.54) is 13.3 Å². The summed E-state index contributed by atoms with van der Waals surface area (Å²) in [5.74, 6) is -1.58. The van der Waals surface area contributed by atoms with Crippen LogP contribution in [0.2, 0.25) is 10.0 Å². The Hall–Kier alpha value is -1.65. The SMILES string of the molecule is COC(=O)c1c(F)cncc1-c1cccc(Cl)c1Cl. The maximum absolute atomic E-state index is 13.8. The number of aromatic nitrogens is 1. The van der Waals surface area contributed by atoms with E-state index in [9.17, 15) is 9.18 Å². The molecular formula is C13H8Cl2FNO2. The fraction of sp³-hybridized carbons (Fsp3) is 0.0769. The third-order valence-electron chi connectivity index (χ3n) is 2.53. The summed E-state index contributed by atoms with van der Waals surface area (Å²) in [6.45, 7) is 0. The molecule has 0 saturated carbocycles. The number of carbonyl (C=O) groups excluding carboxylic acids is 1. The third-order valence-corrected chi connectivity index (χ3v) is 3.35. The number of methoxy groups -OCH3 is 1. The molecule has 0 aliphatic heterocycles. The molecule has 98 valence electrons. The quantitative estimate of drug-likeness (QED) is 0.787. The number of halogens is 3. The highest BCUT2D eigenvalue weighted by Crippen LogP contribution is 2.35. The molecule has 6 heteroatoms. The predicted octanol–water partition coefficient (Wildman–Crippen LogP) is 3.98. The molecule has 0 N–H and O–H groups in total. The smallest absolute Gasteiger partial charge is 0.341 e. The Labute approximate surface area is 118 Å². The summed E-state index contributed by atoms with van der Waals surface area (Å²) in [5.41, 5.74) is 0.433. The fourth-order valence-electron chi connectivity index (χ4n) is 1.66. The highest BCUT2D eigenvalue weighted by atomic mass is 35.5. The maximum Gasteiger partial charge on any atom is 0.341 e. The van der Waals surface area contributed by atoms with Gasteiger partial charge in [-0.2, -0.15) is 0 Å². The van der Waals surface area contributed by atoms with E-state index in [-0.39, 0.29) is 16.1 Å². The lowest BCUT2D eigenvalue weighted by atomic mass is 10.0. The summed E-state index contributed by atoms with van der Waals surface area (Å²) < 4.78 is 18.3. The summed E-state index contributed by atoms with van der Waals surface area (Å²) in [5, 5.41) is 0.529. The first-order valence-corrected chi connectivity index (χ1v) is 5.98. The first-order chi connectivity index (χ1) is 9.06. The van der Waals surface area contributed by atoms with Crippen molar-refractivity contribution in [3.8, 4) is 11.1 Å². The van der Waals surface area contributed by atoms with E-state index in [1.54, 1.807) is 18.2 Å². The van der Waals surface area contributed by atoms with E-state index in [1.807, 2.05) is 0 Å². The van der Waals surface area contributed by atoms with Crippen LogP contribution in [0.4, 0.5) is 4.39 Å². The first kappa shape index (κ1) is 13.8. The van der Waals surface area contributed by atoms with Crippen molar-refractivity contribution in [1.29, 1.82) is 0 Å². The Bertz CT molecular complexity index is 647. The molecule has 3 nitrogen and oxygen atoms in total. The van der Waals surface area contributed by atoms with Crippen LogP contribution in [0.15, 0.2) is 30.6 Å². The molecule has 0 radical (unpaired) electrons. The number of hydrogen-bond donors (Lipinski definition) is 0. The number of nitrogens with zero attached hydrogens (tertiary/aromatic N) is 1. The van der Waals surface area contributed by atoms with Gasteiger partial charge in [0.15, 0.2) is 5.82 Å². The average Bonchev–Trinajstić information content (AvgIpc) is 2.41. The van der Waals surface area contributed by atoms with Crippen LogP contribution < -0.4 is 0 Å². The van der Waals surface area contributed by atoms with Crippen molar-refractivity contribution in [3.63, 3.8) is 0 Å². The lowest BCUT2D eigenvalue weighted by Gasteiger charge is -2.10. The van der Waals surface area contributed by atoms with E-state index < -0.39 is 11.8 Å². The summed E-state index contributed by atoms with van der Waals surface area (Å²) in [4.78, 5) is 15.4. The van der Waals surface area contributed by atoms with Gasteiger partial charge in [-0.05, 0) is 6.07 Å². The van der Waals surface area contributed by atoms with Crippen LogP contribution in [0, 0.1) is 5.82 Å². The van der Waals surface area contributed by atoms with E-state index in [0.717, 1.165) is 6.20 Å². The second-order valence-electron chi connectivity index (χ2n) is 3.64. The summed E-state index contributed by atoms with van der Waals surface area (Å²) >= 11 is 12.0. The lowest BCUT2D eigenvalue weighted by molar-refractivity contribution is 0.0596. The van der Waals surface area contributed by atoms with E-state index in [0.29, 0.717) is 10.6 Å². The van der Waals surface area contributed by atoms with Gasteiger partial charge in [0, 0.05) is 17.3 Å². The molecule has 19 heavy (non-hydrogen) atoms. The van der Waals surface area contributed by atoms with Crippen LogP contribution in [0.5, 0.6) is 0 Å². The number of benzene rings is 1. The summed E-state index contributed by atoms with van der Waals surface area (Å²) in [6, 6.07) is 4.87. The van der Waals surface area contributed by atoms with Crippen molar-refractivity contribution in [2.45, 2.75) is 0 Å². The normalized spacial score (nSPS) is 10.3. The largest absolute Gasteiger partial charge is 0.465 e. The summed E-state index contributed by atoms with van der Waals surface area (Å²) in [6.07, 6.45) is 2.28. The number of ether oxygens (including phenoxy) is 1. The van der Waals surface area contributed by atoms with Crippen molar-refractivity contribution in [2.75, 3.05) is 7.11 Å². The van der Waals surface area contributed by atoms with Gasteiger partial charge in [-0.15, -0.1) is 0 Å². The van der Waals surface area contributed by atoms with Gasteiger partial charge >= 0.3 is 5.97 Å². The Morgan fingerprint density at radius 1 is 1.26 bits per heavy atom. The van der Waals surface area contributed by atoms with Crippen LogP contribution in [-0.2, 0) is 4.74 Å². The molecule has 2 rings (SSSR count). The molecule has 0 amide bonds. The first-order valence-electron chi connectivity index (χ1n) is 5.22. The molecule has 0 bridgehead atoms. The van der Waals surface area contributed by atoms with Crippen LogP contribution in [0.3, 0.4) is 0 Å². The zero-order valence-corrected chi connectivity index (χ0v) is 11.3. The van der Waals surface area contributed by atoms with Gasteiger partial charge in [-0.3, -0.25) is 4.98 Å². The summed E-state index contributed by atoms with van der Waals surface area (Å²) in [7, 11) is 1.17. The van der Waals surface area contributed by atoms with E-state index in [4.69, 9.17) is 23.2 Å². The van der Waals surface area contributed by atoms with Crippen molar-refractivity contribution in [3.05, 3.63) is 52.0 Å². The molecule has 0 aliphatic carbocycles. The molecule has 1 heterocycles. The van der Waals surface area contributed by atoms with Crippen LogP contribution in [-0.4, -0.2) is 18.1 Å². The number of rotatable bonds is 2. The lowest BCUT2D eigenvalue weighted by Crippen LogP contribution is -2.07. The molecule has 0 saturated heterocycles. The van der Waals surface area contributed by atoms with Gasteiger partial charge in [0.25, 0.3) is 0 Å². The third kappa shape index (κ3) is 2.55. The Kier molecular flexibility index (Phi) is 4.02. The van der Waals surface area contributed by atoms with Gasteiger partial charge < -0.3 is 4.74 Å². The zero-order chi connectivity index (χ0) is 14.0. The van der Waals surface area contributed by atoms with Crippen LogP contribution >= 0.6 is 23.2 Å². The average molecular weight is 300 g/mol. The fourth-order valence-corrected chi connectivity index (χ4v) is 2.06. The standard InChI is InChI=1S/C13H8Cl2FNO2/c1-19-13(18)11-8(5-17-6-10(11)16)7-3-2-4-9(14)12(7)15/h2-6H,1H3. The van der Waals surface area contributed by atoms with Gasteiger partial charge in [0.2, 0.25) is 0 Å². The molecular weight excluding hydrogens is 292 g/mol. The molecule has 0 unspecified atom stereocenters. The van der Waals surface area contributed by atoms with Gasteiger partial charge in [0.1, 0.15) is 5.56 Å². The van der Waals surface area contributed by atoms with Gasteiger partial charge in [-0.25, -0.2) is 9.18 Å². The minimum atomic E-state index is -0.800. The van der Waals surface area contributed by atoms with Gasteiger partial charge in [0.05, 0.1) is 23.4 Å². The van der Waals surface area contributed by atoms with E-state index in [2.05, 4.69) is 9.72 Å². The Morgan fingerprint density at radius 2 is 2.00 bits per heavy atom. The van der Waals surface area contributed by atoms with Crippen molar-refractivity contribution < 1.29 is 13.9 Å². The monoisotopic (exact) mass is 299 g/mol. The van der Waals surface area contributed by atoms with Crippen molar-refractivity contribution >= 4 is 29.2 Å². The Balaban J connectivity index is 2.72. The van der Waals surface area contributed by atoms with Crippen molar-refractivity contribution in [1.82, 2.24) is 4.98 Å². The van der Waals surface area contributed by atoms with Crippen molar-refractivity contribution in [2.24, 2.45) is 0 Å². The van der Waals surface area contributed by atoms with Gasteiger partial charge in [-0.1, -0.05) is 35.3 Å². The molecule has 0 fully saturated rings. The minimum Gasteiger partial charge on any atom is -0.465 e. The maximum atomic E-state index is 13.8. The number of hydrogen-bond acceptors (Lipinski definition) is 3. The number of carbonyl (C=O) groups is 1. The minimum absolute atomic E-state index is 0.221. The molecule has 2 aromatic rings. The second kappa shape index (κ2) is 5.55. The Morgan fingerprint density at radius 3 is 2.68 bits per heavy atom. The molecule has 1 aromatic heterocycles. The molecule has 1 aromatic carbocycles. The highest BCUT2D eigenvalue weighted by Gasteiger charge is 2.21. The van der Waals surface area contributed by atoms with Crippen LogP contribution in [0.25, 0.3) is 11.1 Å². The molecule has 0 atom stereocenters. The zero-order valence-electron chi connectivity index (χ0n) is 9.78. The molecule has 0 spiro atoms. The molecule has 0 aliphatic rings. The number of pyridine rings is 1. The van der Waals surface area contributed by atoms with Crippen LogP contribution in [0.1, 0.15) is 10.4 Å². The van der Waals surface area contributed by atoms with E-state index >= 15 is 0 Å². The predicted molar refractivity (Wildman–Crippen MR) is 71.0 cm³/mol.